The Kier molecular flexibility index (Phi) is 9.48. The highest BCUT2D eigenvalue weighted by atomic mass is 32.1. The van der Waals surface area contributed by atoms with Gasteiger partial charge in [-0.25, -0.2) is 4.79 Å². The first kappa shape index (κ1) is 25.2. The van der Waals surface area contributed by atoms with Gasteiger partial charge >= 0.3 is 11.9 Å². The van der Waals surface area contributed by atoms with Crippen molar-refractivity contribution in [1.29, 1.82) is 0 Å². The van der Waals surface area contributed by atoms with Gasteiger partial charge < -0.3 is 24.8 Å². The maximum Gasteiger partial charge on any atom is 0.342 e. The van der Waals surface area contributed by atoms with Crippen molar-refractivity contribution in [3.8, 4) is 5.75 Å². The van der Waals surface area contributed by atoms with Crippen LogP contribution >= 0.6 is 12.6 Å². The van der Waals surface area contributed by atoms with E-state index < -0.39 is 34.9 Å². The van der Waals surface area contributed by atoms with Crippen molar-refractivity contribution in [2.45, 2.75) is 12.5 Å². The van der Waals surface area contributed by atoms with Crippen LogP contribution in [-0.2, 0) is 23.9 Å². The molecule has 1 aliphatic rings. The zero-order valence-electron chi connectivity index (χ0n) is 17.7. The van der Waals surface area contributed by atoms with Gasteiger partial charge in [-0.2, -0.15) is 0 Å². The lowest BCUT2D eigenvalue weighted by molar-refractivity contribution is -0.151. The second kappa shape index (κ2) is 12.1. The Morgan fingerprint density at radius 2 is 1.91 bits per heavy atom. The molecule has 3 atom stereocenters. The van der Waals surface area contributed by atoms with Crippen molar-refractivity contribution in [1.82, 2.24) is 5.32 Å². The molecule has 1 aromatic carbocycles. The van der Waals surface area contributed by atoms with E-state index in [1.807, 2.05) is 0 Å². The monoisotopic (exact) mass is 462 g/mol. The summed E-state index contributed by atoms with van der Waals surface area (Å²) in [4.78, 5) is 49.1. The molecule has 9 nitrogen and oxygen atoms in total. The van der Waals surface area contributed by atoms with E-state index in [0.717, 1.165) is 0 Å². The van der Waals surface area contributed by atoms with E-state index in [1.165, 1.54) is 31.4 Å². The number of carbonyl (C=O) groups excluding carboxylic acids is 4. The van der Waals surface area contributed by atoms with Crippen molar-refractivity contribution in [2.75, 3.05) is 32.2 Å². The summed E-state index contributed by atoms with van der Waals surface area (Å²) in [5.74, 6) is -2.94. The zero-order chi connectivity index (χ0) is 23.7. The molecule has 1 amide bonds. The molecule has 1 aliphatic heterocycles. The first-order chi connectivity index (χ1) is 15.3. The average molecular weight is 463 g/mol. The third-order valence-electron chi connectivity index (χ3n) is 4.84. The van der Waals surface area contributed by atoms with Crippen LogP contribution in [0.1, 0.15) is 16.8 Å². The number of nitrogens with one attached hydrogen (secondary N) is 2. The third-order valence-corrected chi connectivity index (χ3v) is 5.11. The lowest BCUT2D eigenvalue weighted by Crippen LogP contribution is -2.35. The van der Waals surface area contributed by atoms with Crippen LogP contribution in [0.4, 0.5) is 5.69 Å². The summed E-state index contributed by atoms with van der Waals surface area (Å²) in [6, 6.07) is 3.91. The predicted octanol–water partition coefficient (Wildman–Crippen LogP) is 1.76. The molecule has 2 N–H and O–H groups in total. The van der Waals surface area contributed by atoms with E-state index in [9.17, 15) is 19.2 Å². The number of benzene rings is 1. The molecule has 1 heterocycles. The largest absolute Gasteiger partial charge is 0.496 e. The molecule has 10 heteroatoms. The molecule has 1 aromatic rings. The molecule has 0 bridgehead atoms. The highest BCUT2D eigenvalue weighted by Crippen LogP contribution is 2.28. The van der Waals surface area contributed by atoms with E-state index in [0.29, 0.717) is 11.4 Å². The molecule has 0 saturated carbocycles. The number of hydrogen-bond acceptors (Lipinski definition) is 8. The summed E-state index contributed by atoms with van der Waals surface area (Å²) in [5.41, 5.74) is 0.508. The van der Waals surface area contributed by atoms with Crippen molar-refractivity contribution < 1.29 is 33.4 Å². The molecule has 1 unspecified atom stereocenters. The van der Waals surface area contributed by atoms with Crippen molar-refractivity contribution in [3.05, 3.63) is 49.1 Å². The van der Waals surface area contributed by atoms with Gasteiger partial charge in [-0.1, -0.05) is 25.3 Å². The molecular formula is C22H26N2O7S. The first-order valence-electron chi connectivity index (χ1n) is 9.83. The molecular weight excluding hydrogens is 436 g/mol. The van der Waals surface area contributed by atoms with Crippen LogP contribution in [0.15, 0.2) is 43.5 Å². The van der Waals surface area contributed by atoms with Crippen LogP contribution in [0.3, 0.4) is 0 Å². The van der Waals surface area contributed by atoms with E-state index in [4.69, 9.17) is 14.2 Å². The van der Waals surface area contributed by atoms with Gasteiger partial charge in [0.2, 0.25) is 5.91 Å². The number of methoxy groups -OCH3 is 1. The number of ether oxygens (including phenoxy) is 3. The van der Waals surface area contributed by atoms with Crippen LogP contribution < -0.4 is 15.4 Å². The van der Waals surface area contributed by atoms with Crippen molar-refractivity contribution in [3.63, 3.8) is 0 Å². The molecule has 172 valence electrons. The quantitative estimate of drug-likeness (QED) is 0.197. The summed E-state index contributed by atoms with van der Waals surface area (Å²) in [5, 5.41) is 5.11. The van der Waals surface area contributed by atoms with Crippen LogP contribution in [0.2, 0.25) is 0 Å². The molecule has 0 aromatic heterocycles. The Morgan fingerprint density at radius 1 is 1.22 bits per heavy atom. The van der Waals surface area contributed by atoms with Gasteiger partial charge in [0.1, 0.15) is 30.4 Å². The van der Waals surface area contributed by atoms with Gasteiger partial charge in [-0.3, -0.25) is 14.4 Å². The fourth-order valence-corrected chi connectivity index (χ4v) is 3.65. The third kappa shape index (κ3) is 6.44. The smallest absolute Gasteiger partial charge is 0.342 e. The normalized spacial score (nSPS) is 18.2. The maximum atomic E-state index is 12.7. The van der Waals surface area contributed by atoms with Crippen molar-refractivity contribution in [2.24, 2.45) is 11.8 Å². The van der Waals surface area contributed by atoms with Gasteiger partial charge in [0.05, 0.1) is 13.2 Å². The molecule has 1 saturated heterocycles. The van der Waals surface area contributed by atoms with Crippen LogP contribution in [0, 0.1) is 11.8 Å². The minimum absolute atomic E-state index is 0.0184. The highest BCUT2D eigenvalue weighted by Gasteiger charge is 2.41. The molecule has 0 spiro atoms. The van der Waals surface area contributed by atoms with Crippen LogP contribution in [0.25, 0.3) is 0 Å². The summed E-state index contributed by atoms with van der Waals surface area (Å²) in [6.07, 6.45) is 3.07. The second-order valence-corrected chi connectivity index (χ2v) is 7.42. The van der Waals surface area contributed by atoms with E-state index in [2.05, 4.69) is 36.4 Å². The SMILES string of the molecule is C=CCOC(=O)c1cc(NC(=O)C2C[C@@H]([C@H](C(=O)S)C(=O)OCC=C)CN2)ccc1OC. The number of hydrogen-bond donors (Lipinski definition) is 3. The van der Waals surface area contributed by atoms with Gasteiger partial charge in [0, 0.05) is 12.2 Å². The minimum atomic E-state index is -1.09. The lowest BCUT2D eigenvalue weighted by atomic mass is 9.90. The number of amides is 1. The Labute approximate surface area is 191 Å². The molecule has 0 radical (unpaired) electrons. The predicted molar refractivity (Wildman–Crippen MR) is 121 cm³/mol. The number of anilines is 1. The van der Waals surface area contributed by atoms with Gasteiger partial charge in [-0.05, 0) is 30.5 Å². The van der Waals surface area contributed by atoms with E-state index in [-0.39, 0.29) is 37.6 Å². The Hall–Kier alpha value is -3.11. The standard InChI is InChI=1S/C22H26N2O7S/c1-4-8-30-20(26)15-11-14(6-7-17(15)29-3)24-19(25)16-10-13(12-23-16)18(22(28)32)21(27)31-9-5-2/h4-7,11,13,16,18,23H,1-2,8-10,12H2,3H3,(H,24,25)(H,28,32)/t13-,16?,18+/m1/s1. The number of rotatable bonds is 11. The first-order valence-corrected chi connectivity index (χ1v) is 10.3. The van der Waals surface area contributed by atoms with Gasteiger partial charge in [0.15, 0.2) is 5.12 Å². The highest BCUT2D eigenvalue weighted by molar-refractivity contribution is 7.96. The summed E-state index contributed by atoms with van der Waals surface area (Å²) in [6.45, 7) is 7.24. The van der Waals surface area contributed by atoms with Crippen LogP contribution in [0.5, 0.6) is 5.75 Å². The Morgan fingerprint density at radius 3 is 2.53 bits per heavy atom. The minimum Gasteiger partial charge on any atom is -0.496 e. The molecule has 0 aliphatic carbocycles. The Balaban J connectivity index is 2.07. The zero-order valence-corrected chi connectivity index (χ0v) is 18.6. The van der Waals surface area contributed by atoms with Crippen LogP contribution in [-0.4, -0.2) is 55.9 Å². The van der Waals surface area contributed by atoms with Gasteiger partial charge in [-0.15, -0.1) is 12.6 Å². The number of carbonyl (C=O) groups is 4. The Bertz CT molecular complexity index is 902. The fourth-order valence-electron chi connectivity index (χ4n) is 3.33. The van der Waals surface area contributed by atoms with E-state index >= 15 is 0 Å². The topological polar surface area (TPSA) is 120 Å². The molecule has 1 fully saturated rings. The van der Waals surface area contributed by atoms with Gasteiger partial charge in [0.25, 0.3) is 0 Å². The fraction of sp³-hybridized carbons (Fsp3) is 0.364. The lowest BCUT2D eigenvalue weighted by Gasteiger charge is -2.18. The summed E-state index contributed by atoms with van der Waals surface area (Å²) >= 11 is 3.81. The molecule has 2 rings (SSSR count). The summed E-state index contributed by atoms with van der Waals surface area (Å²) < 4.78 is 15.2. The number of esters is 2. The maximum absolute atomic E-state index is 12.7. The van der Waals surface area contributed by atoms with E-state index in [1.54, 1.807) is 6.07 Å². The number of thiol groups is 1. The summed E-state index contributed by atoms with van der Waals surface area (Å²) in [7, 11) is 1.42. The average Bonchev–Trinajstić information content (AvgIpc) is 3.25. The molecule has 32 heavy (non-hydrogen) atoms. The van der Waals surface area contributed by atoms with Crippen molar-refractivity contribution >= 4 is 41.3 Å². The second-order valence-electron chi connectivity index (χ2n) is 6.98.